The van der Waals surface area contributed by atoms with E-state index in [1.54, 1.807) is 6.20 Å². The third-order valence-electron chi connectivity index (χ3n) is 2.33. The SMILES string of the molecule is [O-]C1=C[NH+](Cc2ccccc2)CC1. The van der Waals surface area contributed by atoms with E-state index in [0.29, 0.717) is 6.42 Å². The van der Waals surface area contributed by atoms with Crippen LogP contribution in [0.15, 0.2) is 42.3 Å². The zero-order valence-electron chi connectivity index (χ0n) is 7.49. The molecule has 0 aliphatic carbocycles. The second-order valence-electron chi connectivity index (χ2n) is 3.43. The van der Waals surface area contributed by atoms with Crippen molar-refractivity contribution in [1.82, 2.24) is 0 Å². The summed E-state index contributed by atoms with van der Waals surface area (Å²) in [5.74, 6) is 0.283. The second-order valence-corrected chi connectivity index (χ2v) is 3.43. The number of rotatable bonds is 2. The van der Waals surface area contributed by atoms with Crippen LogP contribution in [-0.2, 0) is 6.54 Å². The molecule has 2 nitrogen and oxygen atoms in total. The lowest BCUT2D eigenvalue weighted by Gasteiger charge is -2.09. The van der Waals surface area contributed by atoms with Crippen LogP contribution in [0.1, 0.15) is 12.0 Å². The first-order valence-corrected chi connectivity index (χ1v) is 4.61. The van der Waals surface area contributed by atoms with Crippen molar-refractivity contribution < 1.29 is 10.0 Å². The van der Waals surface area contributed by atoms with Crippen LogP contribution in [0.3, 0.4) is 0 Å². The van der Waals surface area contributed by atoms with Gasteiger partial charge in [-0.25, -0.2) is 0 Å². The number of hydrogen-bond donors (Lipinski definition) is 1. The molecule has 1 heterocycles. The highest BCUT2D eigenvalue weighted by Crippen LogP contribution is 1.98. The molecule has 0 saturated carbocycles. The summed E-state index contributed by atoms with van der Waals surface area (Å²) in [6.07, 6.45) is 2.51. The summed E-state index contributed by atoms with van der Waals surface area (Å²) in [5.41, 5.74) is 1.29. The minimum Gasteiger partial charge on any atom is -0.872 e. The van der Waals surface area contributed by atoms with Gasteiger partial charge in [-0.1, -0.05) is 36.1 Å². The molecule has 1 atom stereocenters. The Hall–Kier alpha value is -1.28. The maximum Gasteiger partial charge on any atom is 0.107 e. The molecule has 1 aliphatic heterocycles. The predicted octanol–water partition coefficient (Wildman–Crippen LogP) is -0.323. The van der Waals surface area contributed by atoms with Crippen LogP contribution in [0.25, 0.3) is 0 Å². The highest BCUT2D eigenvalue weighted by Gasteiger charge is 2.11. The van der Waals surface area contributed by atoms with E-state index >= 15 is 0 Å². The van der Waals surface area contributed by atoms with Crippen molar-refractivity contribution in [3.63, 3.8) is 0 Å². The quantitative estimate of drug-likeness (QED) is 0.655. The lowest BCUT2D eigenvalue weighted by Crippen LogP contribution is -3.04. The monoisotopic (exact) mass is 175 g/mol. The first-order chi connectivity index (χ1) is 6.34. The molecular formula is C11H13NO. The van der Waals surface area contributed by atoms with E-state index in [-0.39, 0.29) is 5.76 Å². The average Bonchev–Trinajstić information content (AvgIpc) is 2.53. The Balaban J connectivity index is 2.00. The van der Waals surface area contributed by atoms with Crippen LogP contribution >= 0.6 is 0 Å². The molecule has 1 aromatic rings. The standard InChI is InChI=1S/C11H13NO/c13-11-6-7-12(9-11)8-10-4-2-1-3-5-10/h1-5,9,13H,6-8H2. The molecule has 2 heteroatoms. The molecule has 1 N–H and O–H groups in total. The van der Waals surface area contributed by atoms with Gasteiger partial charge in [0, 0.05) is 12.0 Å². The second kappa shape index (κ2) is 3.62. The summed E-state index contributed by atoms with van der Waals surface area (Å²) in [5, 5.41) is 11.0. The Labute approximate surface area is 78.1 Å². The Kier molecular flexibility index (Phi) is 2.32. The van der Waals surface area contributed by atoms with Crippen molar-refractivity contribution in [2.24, 2.45) is 0 Å². The molecular weight excluding hydrogens is 162 g/mol. The molecule has 0 bridgehead atoms. The summed E-state index contributed by atoms with van der Waals surface area (Å²) in [4.78, 5) is 1.27. The van der Waals surface area contributed by atoms with Crippen molar-refractivity contribution in [3.05, 3.63) is 47.9 Å². The van der Waals surface area contributed by atoms with Gasteiger partial charge >= 0.3 is 0 Å². The Bertz CT molecular complexity index is 305. The van der Waals surface area contributed by atoms with Gasteiger partial charge in [-0.2, -0.15) is 0 Å². The third kappa shape index (κ3) is 2.10. The minimum absolute atomic E-state index is 0.283. The summed E-state index contributed by atoms with van der Waals surface area (Å²) in [6, 6.07) is 10.3. The molecule has 13 heavy (non-hydrogen) atoms. The maximum absolute atomic E-state index is 11.0. The van der Waals surface area contributed by atoms with Gasteiger partial charge in [0.15, 0.2) is 0 Å². The number of quaternary nitrogens is 1. The van der Waals surface area contributed by atoms with E-state index < -0.39 is 0 Å². The van der Waals surface area contributed by atoms with Gasteiger partial charge in [0.1, 0.15) is 6.54 Å². The topological polar surface area (TPSA) is 27.5 Å². The van der Waals surface area contributed by atoms with Crippen LogP contribution in [0, 0.1) is 0 Å². The summed E-state index contributed by atoms with van der Waals surface area (Å²) >= 11 is 0. The molecule has 1 unspecified atom stereocenters. The van der Waals surface area contributed by atoms with E-state index in [1.165, 1.54) is 10.5 Å². The molecule has 0 fully saturated rings. The molecule has 0 radical (unpaired) electrons. The Morgan fingerprint density at radius 1 is 1.23 bits per heavy atom. The zero-order chi connectivity index (χ0) is 9.10. The molecule has 0 spiro atoms. The highest BCUT2D eigenvalue weighted by atomic mass is 16.3. The Morgan fingerprint density at radius 2 is 2.00 bits per heavy atom. The fraction of sp³-hybridized carbons (Fsp3) is 0.273. The molecule has 0 saturated heterocycles. The van der Waals surface area contributed by atoms with Crippen LogP contribution in [0.4, 0.5) is 0 Å². The smallest absolute Gasteiger partial charge is 0.107 e. The van der Waals surface area contributed by atoms with Crippen molar-refractivity contribution in [1.29, 1.82) is 0 Å². The predicted molar refractivity (Wildman–Crippen MR) is 48.7 cm³/mol. The molecule has 1 aliphatic rings. The van der Waals surface area contributed by atoms with Crippen LogP contribution < -0.4 is 10.0 Å². The molecule has 2 rings (SSSR count). The fourth-order valence-electron chi connectivity index (χ4n) is 1.65. The van der Waals surface area contributed by atoms with Crippen LogP contribution in [0.2, 0.25) is 0 Å². The first kappa shape index (κ1) is 8.32. The third-order valence-corrected chi connectivity index (χ3v) is 2.33. The van der Waals surface area contributed by atoms with E-state index in [1.807, 2.05) is 18.2 Å². The van der Waals surface area contributed by atoms with Gasteiger partial charge in [-0.3, -0.25) is 0 Å². The summed E-state index contributed by atoms with van der Waals surface area (Å²) in [7, 11) is 0. The van der Waals surface area contributed by atoms with E-state index in [0.717, 1.165) is 13.1 Å². The lowest BCUT2D eigenvalue weighted by atomic mass is 10.2. The van der Waals surface area contributed by atoms with Crippen molar-refractivity contribution >= 4 is 0 Å². The highest BCUT2D eigenvalue weighted by molar-refractivity contribution is 5.13. The normalized spacial score (nSPS) is 21.5. The minimum atomic E-state index is 0.283. The van der Waals surface area contributed by atoms with Gasteiger partial charge in [0.05, 0.1) is 12.7 Å². The van der Waals surface area contributed by atoms with E-state index in [2.05, 4.69) is 12.1 Å². The van der Waals surface area contributed by atoms with Gasteiger partial charge in [0.25, 0.3) is 0 Å². The zero-order valence-corrected chi connectivity index (χ0v) is 7.49. The van der Waals surface area contributed by atoms with Gasteiger partial charge < -0.3 is 10.0 Å². The van der Waals surface area contributed by atoms with E-state index in [4.69, 9.17) is 0 Å². The first-order valence-electron chi connectivity index (χ1n) is 4.61. The van der Waals surface area contributed by atoms with Crippen molar-refractivity contribution in [2.75, 3.05) is 6.54 Å². The molecule has 0 aromatic heterocycles. The number of hydrogen-bond acceptors (Lipinski definition) is 1. The van der Waals surface area contributed by atoms with Crippen LogP contribution in [0.5, 0.6) is 0 Å². The summed E-state index contributed by atoms with van der Waals surface area (Å²) in [6.45, 7) is 1.89. The van der Waals surface area contributed by atoms with Crippen molar-refractivity contribution in [2.45, 2.75) is 13.0 Å². The van der Waals surface area contributed by atoms with Gasteiger partial charge in [-0.05, 0) is 0 Å². The number of benzene rings is 1. The molecule has 1 aromatic carbocycles. The van der Waals surface area contributed by atoms with Gasteiger partial charge in [0.2, 0.25) is 0 Å². The van der Waals surface area contributed by atoms with Gasteiger partial charge in [-0.15, -0.1) is 0 Å². The largest absolute Gasteiger partial charge is 0.872 e. The molecule has 68 valence electrons. The average molecular weight is 175 g/mol. The van der Waals surface area contributed by atoms with Crippen LogP contribution in [-0.4, -0.2) is 6.54 Å². The van der Waals surface area contributed by atoms with E-state index in [9.17, 15) is 5.11 Å². The lowest BCUT2D eigenvalue weighted by molar-refractivity contribution is -0.855. The maximum atomic E-state index is 11.0. The van der Waals surface area contributed by atoms with Crippen molar-refractivity contribution in [3.8, 4) is 0 Å². The fourth-order valence-corrected chi connectivity index (χ4v) is 1.65. The number of nitrogens with one attached hydrogen (secondary N) is 1. The molecule has 0 amide bonds. The Morgan fingerprint density at radius 3 is 2.62 bits per heavy atom. The summed E-state index contributed by atoms with van der Waals surface area (Å²) < 4.78 is 0.